The zero-order valence-corrected chi connectivity index (χ0v) is 11.4. The number of hydrogen-bond acceptors (Lipinski definition) is 5. The zero-order valence-electron chi connectivity index (χ0n) is 10.7. The van der Waals surface area contributed by atoms with Crippen LogP contribution in [-0.2, 0) is 0 Å². The van der Waals surface area contributed by atoms with Crippen molar-refractivity contribution in [2.24, 2.45) is 0 Å². The largest absolute Gasteiger partial charge is 0.435 e. The summed E-state index contributed by atoms with van der Waals surface area (Å²) in [5.74, 6) is 1.62. The Balaban J connectivity index is 2.04. The molecule has 0 radical (unpaired) electrons. The van der Waals surface area contributed by atoms with E-state index in [9.17, 15) is 0 Å². The maximum atomic E-state index is 6.15. The van der Waals surface area contributed by atoms with E-state index in [4.69, 9.17) is 16.3 Å². The number of rotatable bonds is 3. The van der Waals surface area contributed by atoms with Crippen LogP contribution in [0.1, 0.15) is 0 Å². The number of ether oxygens (including phenoxy) is 1. The molecule has 0 amide bonds. The lowest BCUT2D eigenvalue weighted by Crippen LogP contribution is -1.96. The predicted molar refractivity (Wildman–Crippen MR) is 78.4 cm³/mol. The molecule has 5 nitrogen and oxygen atoms in total. The van der Waals surface area contributed by atoms with E-state index in [1.54, 1.807) is 37.8 Å². The van der Waals surface area contributed by atoms with Crippen LogP contribution in [0.15, 0.2) is 42.9 Å². The van der Waals surface area contributed by atoms with Crippen LogP contribution in [0.25, 0.3) is 10.9 Å². The van der Waals surface area contributed by atoms with E-state index in [2.05, 4.69) is 20.3 Å². The molecule has 1 aromatic carbocycles. The second-order valence-corrected chi connectivity index (χ2v) is 4.45. The maximum Gasteiger partial charge on any atom is 0.239 e. The average Bonchev–Trinajstić information content (AvgIpc) is 2.51. The highest BCUT2D eigenvalue weighted by Crippen LogP contribution is 2.32. The van der Waals surface area contributed by atoms with Crippen molar-refractivity contribution in [3.8, 4) is 11.6 Å². The normalized spacial score (nSPS) is 10.5. The SMILES string of the molecule is CNc1cncc(Oc2ccc(Cl)c3cccnc23)n1. The number of pyridine rings is 1. The molecule has 2 aromatic heterocycles. The first kappa shape index (κ1) is 12.6. The second-order valence-electron chi connectivity index (χ2n) is 4.04. The number of nitrogens with one attached hydrogen (secondary N) is 1. The predicted octanol–water partition coefficient (Wildman–Crippen LogP) is 3.51. The fourth-order valence-electron chi connectivity index (χ4n) is 1.82. The molecule has 0 saturated carbocycles. The van der Waals surface area contributed by atoms with Crippen molar-refractivity contribution >= 4 is 28.3 Å². The first-order valence-electron chi connectivity index (χ1n) is 5.99. The average molecular weight is 287 g/mol. The summed E-state index contributed by atoms with van der Waals surface area (Å²) in [7, 11) is 1.77. The molecule has 2 heterocycles. The number of hydrogen-bond donors (Lipinski definition) is 1. The summed E-state index contributed by atoms with van der Waals surface area (Å²) in [5.41, 5.74) is 0.691. The number of anilines is 1. The van der Waals surface area contributed by atoms with Gasteiger partial charge in [-0.3, -0.25) is 9.97 Å². The molecule has 6 heteroatoms. The first-order chi connectivity index (χ1) is 9.78. The maximum absolute atomic E-state index is 6.15. The van der Waals surface area contributed by atoms with Crippen molar-refractivity contribution in [1.82, 2.24) is 15.0 Å². The molecule has 0 aliphatic rings. The van der Waals surface area contributed by atoms with E-state index >= 15 is 0 Å². The quantitative estimate of drug-likeness (QED) is 0.798. The summed E-state index contributed by atoms with van der Waals surface area (Å²) in [6, 6.07) is 7.27. The molecule has 3 rings (SSSR count). The van der Waals surface area contributed by atoms with Crippen molar-refractivity contribution in [2.75, 3.05) is 12.4 Å². The Morgan fingerprint density at radius 3 is 2.95 bits per heavy atom. The summed E-state index contributed by atoms with van der Waals surface area (Å²) >= 11 is 6.15. The molecule has 0 atom stereocenters. The number of benzene rings is 1. The summed E-state index contributed by atoms with van der Waals surface area (Å²) in [4.78, 5) is 12.6. The topological polar surface area (TPSA) is 59.9 Å². The Morgan fingerprint density at radius 1 is 1.20 bits per heavy atom. The van der Waals surface area contributed by atoms with E-state index in [1.165, 1.54) is 0 Å². The van der Waals surface area contributed by atoms with Crippen LogP contribution in [0.4, 0.5) is 5.82 Å². The number of nitrogens with zero attached hydrogens (tertiary/aromatic N) is 3. The lowest BCUT2D eigenvalue weighted by Gasteiger charge is -2.08. The van der Waals surface area contributed by atoms with E-state index < -0.39 is 0 Å². The minimum absolute atomic E-state index is 0.395. The molecular formula is C14H11ClN4O. The fourth-order valence-corrected chi connectivity index (χ4v) is 2.04. The third-order valence-electron chi connectivity index (χ3n) is 2.76. The molecule has 0 aliphatic carbocycles. The Kier molecular flexibility index (Phi) is 3.35. The Hall–Kier alpha value is -2.40. The monoisotopic (exact) mass is 286 g/mol. The Morgan fingerprint density at radius 2 is 2.10 bits per heavy atom. The van der Waals surface area contributed by atoms with Crippen molar-refractivity contribution < 1.29 is 4.74 Å². The van der Waals surface area contributed by atoms with E-state index in [1.807, 2.05) is 12.1 Å². The van der Waals surface area contributed by atoms with Crippen LogP contribution in [0.5, 0.6) is 11.6 Å². The summed E-state index contributed by atoms with van der Waals surface area (Å²) in [6.07, 6.45) is 4.86. The standard InChI is InChI=1S/C14H11ClN4O/c1-16-12-7-17-8-13(19-12)20-11-5-4-10(15)9-3-2-6-18-14(9)11/h2-8H,1H3,(H,16,19). The zero-order chi connectivity index (χ0) is 13.9. The summed E-state index contributed by atoms with van der Waals surface area (Å²) in [6.45, 7) is 0. The van der Waals surface area contributed by atoms with Crippen LogP contribution in [-0.4, -0.2) is 22.0 Å². The van der Waals surface area contributed by atoms with Crippen molar-refractivity contribution in [3.63, 3.8) is 0 Å². The van der Waals surface area contributed by atoms with E-state index in [0.29, 0.717) is 28.0 Å². The van der Waals surface area contributed by atoms with Gasteiger partial charge in [-0.25, -0.2) is 0 Å². The number of aromatic nitrogens is 3. The van der Waals surface area contributed by atoms with Gasteiger partial charge in [0.15, 0.2) is 5.75 Å². The molecule has 0 spiro atoms. The minimum Gasteiger partial charge on any atom is -0.435 e. The van der Waals surface area contributed by atoms with Crippen LogP contribution < -0.4 is 10.1 Å². The van der Waals surface area contributed by atoms with Gasteiger partial charge in [0.05, 0.1) is 17.4 Å². The van der Waals surface area contributed by atoms with Gasteiger partial charge >= 0.3 is 0 Å². The number of fused-ring (bicyclic) bond motifs is 1. The van der Waals surface area contributed by atoms with Crippen LogP contribution in [0.2, 0.25) is 5.02 Å². The molecule has 1 N–H and O–H groups in total. The van der Waals surface area contributed by atoms with Gasteiger partial charge in [0.2, 0.25) is 5.88 Å². The molecule has 3 aromatic rings. The van der Waals surface area contributed by atoms with Gasteiger partial charge in [0, 0.05) is 18.6 Å². The molecule has 0 bridgehead atoms. The van der Waals surface area contributed by atoms with Gasteiger partial charge in [-0.2, -0.15) is 4.98 Å². The number of halogens is 1. The van der Waals surface area contributed by atoms with Gasteiger partial charge in [-0.1, -0.05) is 11.6 Å². The van der Waals surface area contributed by atoms with Gasteiger partial charge in [0.25, 0.3) is 0 Å². The highest BCUT2D eigenvalue weighted by Gasteiger charge is 2.08. The van der Waals surface area contributed by atoms with E-state index in [0.717, 1.165) is 5.39 Å². The lowest BCUT2D eigenvalue weighted by atomic mass is 10.2. The van der Waals surface area contributed by atoms with E-state index in [-0.39, 0.29) is 0 Å². The molecule has 20 heavy (non-hydrogen) atoms. The molecule has 0 saturated heterocycles. The summed E-state index contributed by atoms with van der Waals surface area (Å²) < 4.78 is 5.75. The smallest absolute Gasteiger partial charge is 0.239 e. The van der Waals surface area contributed by atoms with Crippen molar-refractivity contribution in [3.05, 3.63) is 47.9 Å². The Labute approximate surface area is 120 Å². The highest BCUT2D eigenvalue weighted by atomic mass is 35.5. The minimum atomic E-state index is 0.395. The molecular weight excluding hydrogens is 276 g/mol. The van der Waals surface area contributed by atoms with Gasteiger partial charge in [0.1, 0.15) is 11.3 Å². The lowest BCUT2D eigenvalue weighted by molar-refractivity contribution is 0.465. The third kappa shape index (κ3) is 2.35. The fraction of sp³-hybridized carbons (Fsp3) is 0.0714. The van der Waals surface area contributed by atoms with Crippen molar-refractivity contribution in [2.45, 2.75) is 0 Å². The van der Waals surface area contributed by atoms with Crippen LogP contribution in [0.3, 0.4) is 0 Å². The van der Waals surface area contributed by atoms with Gasteiger partial charge < -0.3 is 10.1 Å². The Bertz CT molecular complexity index is 763. The molecule has 0 fully saturated rings. The molecule has 100 valence electrons. The highest BCUT2D eigenvalue weighted by molar-refractivity contribution is 6.35. The third-order valence-corrected chi connectivity index (χ3v) is 3.09. The second kappa shape index (κ2) is 5.30. The van der Waals surface area contributed by atoms with Gasteiger partial charge in [-0.05, 0) is 24.3 Å². The van der Waals surface area contributed by atoms with Crippen LogP contribution in [0, 0.1) is 0 Å². The first-order valence-corrected chi connectivity index (χ1v) is 6.36. The van der Waals surface area contributed by atoms with Crippen LogP contribution >= 0.6 is 11.6 Å². The summed E-state index contributed by atoms with van der Waals surface area (Å²) in [5, 5.41) is 4.38. The van der Waals surface area contributed by atoms with Crippen molar-refractivity contribution in [1.29, 1.82) is 0 Å². The molecule has 0 aliphatic heterocycles. The van der Waals surface area contributed by atoms with Gasteiger partial charge in [-0.15, -0.1) is 0 Å². The molecule has 0 unspecified atom stereocenters.